The van der Waals surface area contributed by atoms with Gasteiger partial charge in [-0.2, -0.15) is 0 Å². The van der Waals surface area contributed by atoms with Gasteiger partial charge in [-0.15, -0.1) is 0 Å². The molecular weight excluding hydrogens is 354 g/mol. The van der Waals surface area contributed by atoms with Gasteiger partial charge < -0.3 is 5.32 Å². The largest absolute Gasteiger partial charge is 0.310 e. The maximum Gasteiger partial charge on any atom is 0.0406 e. The zero-order chi connectivity index (χ0) is 13.9. The van der Waals surface area contributed by atoms with Crippen LogP contribution in [0.5, 0.6) is 0 Å². The predicted molar refractivity (Wildman–Crippen MR) is 89.6 cm³/mol. The van der Waals surface area contributed by atoms with Gasteiger partial charge in [-0.1, -0.05) is 45.4 Å². The summed E-state index contributed by atoms with van der Waals surface area (Å²) in [6.07, 6.45) is 2.64. The van der Waals surface area contributed by atoms with Gasteiger partial charge in [0.25, 0.3) is 0 Å². The number of halogens is 2. The van der Waals surface area contributed by atoms with Crippen molar-refractivity contribution in [3.05, 3.63) is 57.5 Å². The van der Waals surface area contributed by atoms with Crippen LogP contribution in [0.3, 0.4) is 0 Å². The van der Waals surface area contributed by atoms with Crippen molar-refractivity contribution in [1.29, 1.82) is 0 Å². The number of rotatable bonds is 5. The highest BCUT2D eigenvalue weighted by Crippen LogP contribution is 2.32. The van der Waals surface area contributed by atoms with Gasteiger partial charge in [-0.3, -0.25) is 0 Å². The minimum atomic E-state index is 0.741. The van der Waals surface area contributed by atoms with E-state index in [-0.39, 0.29) is 0 Å². The summed E-state index contributed by atoms with van der Waals surface area (Å²) in [6, 6.07) is 15.2. The van der Waals surface area contributed by atoms with Gasteiger partial charge >= 0.3 is 0 Å². The molecule has 4 heteroatoms. The SMILES string of the molecule is Clc1ccc(Sc2ccc(CNC3CC3)c(Br)c2)cc1. The number of hydrogen-bond donors (Lipinski definition) is 1. The Balaban J connectivity index is 1.67. The van der Waals surface area contributed by atoms with Crippen molar-refractivity contribution in [1.82, 2.24) is 5.32 Å². The third kappa shape index (κ3) is 4.01. The lowest BCUT2D eigenvalue weighted by Crippen LogP contribution is -2.15. The van der Waals surface area contributed by atoms with Crippen LogP contribution in [0.4, 0.5) is 0 Å². The first-order chi connectivity index (χ1) is 9.70. The fraction of sp³-hybridized carbons (Fsp3) is 0.250. The van der Waals surface area contributed by atoms with Crippen LogP contribution >= 0.6 is 39.3 Å². The molecule has 2 aromatic rings. The topological polar surface area (TPSA) is 12.0 Å². The second kappa shape index (κ2) is 6.52. The van der Waals surface area contributed by atoms with E-state index in [1.165, 1.54) is 32.7 Å². The fourth-order valence-corrected chi connectivity index (χ4v) is 3.57. The van der Waals surface area contributed by atoms with Crippen LogP contribution < -0.4 is 5.32 Å². The Hall–Kier alpha value is -0.480. The predicted octanol–water partition coefficient (Wildman–Crippen LogP) is 5.51. The number of nitrogens with one attached hydrogen (secondary N) is 1. The number of hydrogen-bond acceptors (Lipinski definition) is 2. The van der Waals surface area contributed by atoms with E-state index in [9.17, 15) is 0 Å². The van der Waals surface area contributed by atoms with Crippen LogP contribution in [0.2, 0.25) is 5.02 Å². The smallest absolute Gasteiger partial charge is 0.0406 e. The normalized spacial score (nSPS) is 14.5. The lowest BCUT2D eigenvalue weighted by atomic mass is 10.2. The first-order valence-electron chi connectivity index (χ1n) is 6.66. The lowest BCUT2D eigenvalue weighted by Gasteiger charge is -2.08. The summed E-state index contributed by atoms with van der Waals surface area (Å²) >= 11 is 11.3. The maximum absolute atomic E-state index is 5.90. The highest BCUT2D eigenvalue weighted by Gasteiger charge is 2.20. The summed E-state index contributed by atoms with van der Waals surface area (Å²) in [5.74, 6) is 0. The van der Waals surface area contributed by atoms with E-state index in [2.05, 4.69) is 39.4 Å². The molecule has 3 rings (SSSR count). The Morgan fingerprint density at radius 2 is 1.80 bits per heavy atom. The van der Waals surface area contributed by atoms with Gasteiger partial charge in [0.05, 0.1) is 0 Å². The average Bonchev–Trinajstić information content (AvgIpc) is 3.25. The lowest BCUT2D eigenvalue weighted by molar-refractivity contribution is 0.685. The van der Waals surface area contributed by atoms with Crippen molar-refractivity contribution in [2.75, 3.05) is 0 Å². The first kappa shape index (κ1) is 14.5. The molecule has 0 atom stereocenters. The van der Waals surface area contributed by atoms with Gasteiger partial charge in [0.1, 0.15) is 0 Å². The minimum absolute atomic E-state index is 0.741. The van der Waals surface area contributed by atoms with Crippen molar-refractivity contribution in [2.24, 2.45) is 0 Å². The van der Waals surface area contributed by atoms with Crippen LogP contribution in [0.25, 0.3) is 0 Å². The van der Waals surface area contributed by atoms with Gasteiger partial charge in [0.2, 0.25) is 0 Å². The van der Waals surface area contributed by atoms with Crippen molar-refractivity contribution >= 4 is 39.3 Å². The molecule has 0 amide bonds. The molecule has 0 heterocycles. The molecule has 0 spiro atoms. The molecule has 0 unspecified atom stereocenters. The first-order valence-corrected chi connectivity index (χ1v) is 8.65. The molecule has 0 aliphatic heterocycles. The van der Waals surface area contributed by atoms with Gasteiger partial charge in [0.15, 0.2) is 0 Å². The van der Waals surface area contributed by atoms with E-state index in [0.717, 1.165) is 17.6 Å². The summed E-state index contributed by atoms with van der Waals surface area (Å²) in [7, 11) is 0. The molecule has 104 valence electrons. The zero-order valence-corrected chi connectivity index (χ0v) is 14.1. The third-order valence-corrected chi connectivity index (χ3v) is 5.22. The summed E-state index contributed by atoms with van der Waals surface area (Å²) in [5, 5.41) is 4.31. The quantitative estimate of drug-likeness (QED) is 0.747. The van der Waals surface area contributed by atoms with E-state index in [1.54, 1.807) is 11.8 Å². The van der Waals surface area contributed by atoms with Crippen molar-refractivity contribution in [3.63, 3.8) is 0 Å². The Labute approximate surface area is 137 Å². The highest BCUT2D eigenvalue weighted by molar-refractivity contribution is 9.10. The molecule has 2 aromatic carbocycles. The molecular formula is C16H15BrClNS. The Bertz CT molecular complexity index is 596. The van der Waals surface area contributed by atoms with E-state index >= 15 is 0 Å². The Kier molecular flexibility index (Phi) is 4.72. The van der Waals surface area contributed by atoms with Crippen LogP contribution in [0.15, 0.2) is 56.7 Å². The monoisotopic (exact) mass is 367 g/mol. The summed E-state index contributed by atoms with van der Waals surface area (Å²) < 4.78 is 1.17. The van der Waals surface area contributed by atoms with Gasteiger partial charge in [-0.25, -0.2) is 0 Å². The molecule has 1 N–H and O–H groups in total. The average molecular weight is 369 g/mol. The van der Waals surface area contributed by atoms with E-state index in [4.69, 9.17) is 11.6 Å². The van der Waals surface area contributed by atoms with E-state index in [1.807, 2.05) is 24.3 Å². The third-order valence-electron chi connectivity index (χ3n) is 3.23. The van der Waals surface area contributed by atoms with Crippen LogP contribution in [-0.2, 0) is 6.54 Å². The molecule has 1 aliphatic rings. The fourth-order valence-electron chi connectivity index (χ4n) is 1.92. The van der Waals surface area contributed by atoms with Gasteiger partial charge in [0, 0.05) is 31.9 Å². The summed E-state index contributed by atoms with van der Waals surface area (Å²) in [5.41, 5.74) is 1.32. The maximum atomic E-state index is 5.90. The van der Waals surface area contributed by atoms with Gasteiger partial charge in [-0.05, 0) is 54.8 Å². The molecule has 1 aliphatic carbocycles. The zero-order valence-electron chi connectivity index (χ0n) is 10.9. The highest BCUT2D eigenvalue weighted by atomic mass is 79.9. The molecule has 0 bridgehead atoms. The van der Waals surface area contributed by atoms with Crippen LogP contribution in [0, 0.1) is 0 Å². The van der Waals surface area contributed by atoms with Crippen molar-refractivity contribution in [3.8, 4) is 0 Å². The second-order valence-electron chi connectivity index (χ2n) is 4.96. The molecule has 1 nitrogen and oxygen atoms in total. The van der Waals surface area contributed by atoms with Crippen molar-refractivity contribution in [2.45, 2.75) is 35.2 Å². The number of benzene rings is 2. The van der Waals surface area contributed by atoms with Crippen molar-refractivity contribution < 1.29 is 0 Å². The van der Waals surface area contributed by atoms with Crippen LogP contribution in [-0.4, -0.2) is 6.04 Å². The Morgan fingerprint density at radius 1 is 1.10 bits per heavy atom. The Morgan fingerprint density at radius 3 is 2.45 bits per heavy atom. The van der Waals surface area contributed by atoms with E-state index in [0.29, 0.717) is 0 Å². The van der Waals surface area contributed by atoms with E-state index < -0.39 is 0 Å². The minimum Gasteiger partial charge on any atom is -0.310 e. The molecule has 0 aromatic heterocycles. The molecule has 20 heavy (non-hydrogen) atoms. The summed E-state index contributed by atoms with van der Waals surface area (Å²) in [4.78, 5) is 2.43. The summed E-state index contributed by atoms with van der Waals surface area (Å²) in [6.45, 7) is 0.942. The molecule has 1 saturated carbocycles. The molecule has 0 radical (unpaired) electrons. The second-order valence-corrected chi connectivity index (χ2v) is 7.40. The molecule has 0 saturated heterocycles. The standard InChI is InChI=1S/C16H15BrClNS/c17-16-9-15(20-14-7-2-12(18)3-8-14)6-1-11(16)10-19-13-4-5-13/h1-3,6-9,13,19H,4-5,10H2. The van der Waals surface area contributed by atoms with Crippen LogP contribution in [0.1, 0.15) is 18.4 Å². The molecule has 1 fully saturated rings.